The Morgan fingerprint density at radius 1 is 1.00 bits per heavy atom. The van der Waals surface area contributed by atoms with Gasteiger partial charge in [-0.2, -0.15) is 18.2 Å². The summed E-state index contributed by atoms with van der Waals surface area (Å²) in [6, 6.07) is 11.3. The zero-order valence-corrected chi connectivity index (χ0v) is 25.9. The molecule has 44 heavy (non-hydrogen) atoms. The molecule has 1 saturated heterocycles. The van der Waals surface area contributed by atoms with E-state index in [9.17, 15) is 22.5 Å². The van der Waals surface area contributed by atoms with Gasteiger partial charge in [0.15, 0.2) is 0 Å². The van der Waals surface area contributed by atoms with Crippen LogP contribution in [0.15, 0.2) is 48.7 Å². The first-order chi connectivity index (χ1) is 21.0. The highest BCUT2D eigenvalue weighted by Crippen LogP contribution is 2.51. The highest BCUT2D eigenvalue weighted by molar-refractivity contribution is 7.53. The SMILES string of the molecule is CCOP(=O)(Cc1ccc(Nc2ncc(C(F)(F)F)c(Nc3ccccc3C(=O)N3CCN(C)CC3)n2)c(OC)c1)OCC. The molecule has 0 unspecified atom stereocenters. The molecule has 0 aliphatic carbocycles. The number of benzene rings is 2. The van der Waals surface area contributed by atoms with Gasteiger partial charge in [-0.25, -0.2) is 4.98 Å². The Morgan fingerprint density at radius 3 is 2.32 bits per heavy atom. The molecule has 11 nitrogen and oxygen atoms in total. The molecule has 0 spiro atoms. The predicted molar refractivity (Wildman–Crippen MR) is 161 cm³/mol. The van der Waals surface area contributed by atoms with E-state index in [1.54, 1.807) is 55.1 Å². The second-order valence-corrected chi connectivity index (χ2v) is 12.0. The number of nitrogens with zero attached hydrogens (tertiary/aromatic N) is 4. The van der Waals surface area contributed by atoms with Gasteiger partial charge in [-0.1, -0.05) is 18.2 Å². The molecule has 2 N–H and O–H groups in total. The largest absolute Gasteiger partial charge is 0.495 e. The number of rotatable bonds is 12. The first kappa shape index (κ1) is 33.2. The monoisotopic (exact) mass is 636 g/mol. The number of piperazine rings is 1. The third-order valence-corrected chi connectivity index (χ3v) is 8.89. The van der Waals surface area contributed by atoms with Crippen molar-refractivity contribution in [2.24, 2.45) is 0 Å². The minimum Gasteiger partial charge on any atom is -0.495 e. The van der Waals surface area contributed by atoms with E-state index in [4.69, 9.17) is 13.8 Å². The number of ether oxygens (including phenoxy) is 1. The molecular formula is C29H36F3N6O5P. The number of alkyl halides is 3. The number of carbonyl (C=O) groups excluding carboxylic acids is 1. The summed E-state index contributed by atoms with van der Waals surface area (Å²) < 4.78 is 71.3. The number of carbonyl (C=O) groups is 1. The minimum atomic E-state index is -4.77. The van der Waals surface area contributed by atoms with Crippen LogP contribution in [0, 0.1) is 0 Å². The maximum absolute atomic E-state index is 14.0. The number of methoxy groups -OCH3 is 1. The fourth-order valence-electron chi connectivity index (χ4n) is 4.63. The average molecular weight is 637 g/mol. The van der Waals surface area contributed by atoms with Crippen LogP contribution >= 0.6 is 7.60 Å². The number of halogens is 3. The van der Waals surface area contributed by atoms with Crippen molar-refractivity contribution in [3.63, 3.8) is 0 Å². The van der Waals surface area contributed by atoms with Gasteiger partial charge in [-0.3, -0.25) is 9.36 Å². The lowest BCUT2D eigenvalue weighted by Gasteiger charge is -2.32. The van der Waals surface area contributed by atoms with Gasteiger partial charge in [-0.15, -0.1) is 0 Å². The summed E-state index contributed by atoms with van der Waals surface area (Å²) in [6.45, 7) is 6.27. The fourth-order valence-corrected chi connectivity index (χ4v) is 6.32. The number of hydrogen-bond acceptors (Lipinski definition) is 10. The van der Waals surface area contributed by atoms with E-state index in [1.165, 1.54) is 13.2 Å². The summed E-state index contributed by atoms with van der Waals surface area (Å²) in [4.78, 5) is 25.1. The summed E-state index contributed by atoms with van der Waals surface area (Å²) in [6.07, 6.45) is -4.10. The molecule has 0 atom stereocenters. The molecule has 0 saturated carbocycles. The van der Waals surface area contributed by atoms with E-state index >= 15 is 0 Å². The molecule has 1 fully saturated rings. The lowest BCUT2D eigenvalue weighted by atomic mass is 10.1. The third-order valence-electron chi connectivity index (χ3n) is 6.84. The Balaban J connectivity index is 1.62. The van der Waals surface area contributed by atoms with E-state index in [2.05, 4.69) is 25.5 Å². The highest BCUT2D eigenvalue weighted by atomic mass is 31.2. The van der Waals surface area contributed by atoms with Crippen LogP contribution in [0.1, 0.15) is 35.3 Å². The van der Waals surface area contributed by atoms with Crippen molar-refractivity contribution in [2.75, 3.05) is 64.2 Å². The lowest BCUT2D eigenvalue weighted by molar-refractivity contribution is -0.137. The van der Waals surface area contributed by atoms with E-state index in [-0.39, 0.29) is 42.5 Å². The standard InChI is InChI=1S/C29H36F3N6O5P/c1-5-42-44(40,43-6-2)19-20-11-12-24(25(17-20)41-4)35-28-33-18-22(29(30,31)32)26(36-28)34-23-10-8-7-9-21(23)27(39)38-15-13-37(3)14-16-38/h7-12,17-18H,5-6,13-16,19H2,1-4H3,(H2,33,34,35,36). The van der Waals surface area contributed by atoms with Crippen molar-refractivity contribution in [1.82, 2.24) is 19.8 Å². The van der Waals surface area contributed by atoms with Crippen molar-refractivity contribution in [1.29, 1.82) is 0 Å². The van der Waals surface area contributed by atoms with Crippen LogP contribution in [-0.4, -0.2) is 79.2 Å². The molecule has 1 amide bonds. The predicted octanol–water partition coefficient (Wildman–Crippen LogP) is 6.14. The van der Waals surface area contributed by atoms with Crippen LogP contribution < -0.4 is 15.4 Å². The summed E-state index contributed by atoms with van der Waals surface area (Å²) >= 11 is 0. The van der Waals surface area contributed by atoms with Gasteiger partial charge in [0, 0.05) is 32.4 Å². The van der Waals surface area contributed by atoms with Crippen LogP contribution in [0.25, 0.3) is 0 Å². The fraction of sp³-hybridized carbons (Fsp3) is 0.414. The number of nitrogens with one attached hydrogen (secondary N) is 2. The first-order valence-corrected chi connectivity index (χ1v) is 15.8. The van der Waals surface area contributed by atoms with E-state index in [0.29, 0.717) is 49.4 Å². The minimum absolute atomic E-state index is 0.00241. The molecular weight excluding hydrogens is 600 g/mol. The highest BCUT2D eigenvalue weighted by Gasteiger charge is 2.36. The molecule has 15 heteroatoms. The third kappa shape index (κ3) is 8.26. The Bertz CT molecular complexity index is 1490. The molecule has 1 aliphatic heterocycles. The maximum atomic E-state index is 14.0. The summed E-state index contributed by atoms with van der Waals surface area (Å²) in [5.41, 5.74) is 0.272. The van der Waals surface area contributed by atoms with Crippen molar-refractivity contribution in [3.05, 3.63) is 65.4 Å². The molecule has 0 radical (unpaired) electrons. The molecule has 1 aliphatic rings. The molecule has 1 aromatic heterocycles. The second kappa shape index (κ2) is 14.4. The number of anilines is 4. The van der Waals surface area contributed by atoms with Crippen LogP contribution in [-0.2, 0) is 26.0 Å². The lowest BCUT2D eigenvalue weighted by Crippen LogP contribution is -2.47. The molecule has 4 rings (SSSR count). The van der Waals surface area contributed by atoms with Gasteiger partial charge in [-0.05, 0) is 50.7 Å². The van der Waals surface area contributed by atoms with Crippen LogP contribution in [0.5, 0.6) is 5.75 Å². The number of likely N-dealkylation sites (N-methyl/N-ethyl adjacent to an activating group) is 1. The first-order valence-electron chi connectivity index (χ1n) is 14.1. The second-order valence-electron chi connectivity index (χ2n) is 9.98. The summed E-state index contributed by atoms with van der Waals surface area (Å²) in [5.74, 6) is -0.657. The topological polar surface area (TPSA) is 118 Å². The Kier molecular flexibility index (Phi) is 10.8. The van der Waals surface area contributed by atoms with Crippen LogP contribution in [0.4, 0.5) is 36.3 Å². The zero-order valence-electron chi connectivity index (χ0n) is 25.0. The smallest absolute Gasteiger partial charge is 0.421 e. The Morgan fingerprint density at radius 2 is 1.68 bits per heavy atom. The molecule has 3 aromatic rings. The van der Waals surface area contributed by atoms with Gasteiger partial charge in [0.2, 0.25) is 5.95 Å². The Labute approximate surface area is 254 Å². The van der Waals surface area contributed by atoms with Gasteiger partial charge in [0.05, 0.1) is 43.4 Å². The van der Waals surface area contributed by atoms with E-state index in [0.717, 1.165) is 0 Å². The average Bonchev–Trinajstić information content (AvgIpc) is 2.98. The van der Waals surface area contributed by atoms with Gasteiger partial charge in [0.25, 0.3) is 5.91 Å². The number of amides is 1. The van der Waals surface area contributed by atoms with Gasteiger partial charge >= 0.3 is 13.8 Å². The maximum Gasteiger partial charge on any atom is 0.421 e. The number of hydrogen-bond donors (Lipinski definition) is 2. The van der Waals surface area contributed by atoms with Crippen molar-refractivity contribution >= 4 is 36.6 Å². The molecule has 2 aromatic carbocycles. The molecule has 0 bridgehead atoms. The quantitative estimate of drug-likeness (QED) is 0.224. The molecule has 238 valence electrons. The van der Waals surface area contributed by atoms with Crippen molar-refractivity contribution in [3.8, 4) is 5.75 Å². The summed E-state index contributed by atoms with van der Waals surface area (Å²) in [7, 11) is 0.0000806. The van der Waals surface area contributed by atoms with Crippen LogP contribution in [0.2, 0.25) is 0 Å². The zero-order chi connectivity index (χ0) is 31.9. The number of para-hydroxylation sites is 1. The molecule has 2 heterocycles. The summed E-state index contributed by atoms with van der Waals surface area (Å²) in [5, 5.41) is 5.63. The van der Waals surface area contributed by atoms with Crippen molar-refractivity contribution in [2.45, 2.75) is 26.2 Å². The van der Waals surface area contributed by atoms with Gasteiger partial charge in [0.1, 0.15) is 17.1 Å². The van der Waals surface area contributed by atoms with Crippen molar-refractivity contribution < 1.29 is 36.3 Å². The Hall–Kier alpha value is -3.71. The van der Waals surface area contributed by atoms with E-state index < -0.39 is 25.2 Å². The number of aromatic nitrogens is 2. The normalized spacial score (nSPS) is 14.4. The van der Waals surface area contributed by atoms with E-state index in [1.807, 2.05) is 7.05 Å². The van der Waals surface area contributed by atoms with Gasteiger partial charge < -0.3 is 34.2 Å². The van der Waals surface area contributed by atoms with Crippen LogP contribution in [0.3, 0.4) is 0 Å².